The highest BCUT2D eigenvalue weighted by Gasteiger charge is 2.42. The summed E-state index contributed by atoms with van der Waals surface area (Å²) in [6, 6.07) is 0.362. The van der Waals surface area contributed by atoms with Crippen molar-refractivity contribution in [2.75, 3.05) is 96.2 Å². The van der Waals surface area contributed by atoms with Crippen molar-refractivity contribution >= 4 is 59.0 Å². The van der Waals surface area contributed by atoms with E-state index >= 15 is 0 Å². The fraction of sp³-hybridized carbons (Fsp3) is 0.783. The second-order valence-electron chi connectivity index (χ2n) is 16.4. The van der Waals surface area contributed by atoms with Crippen LogP contribution in [0.5, 0.6) is 0 Å². The first-order valence-corrected chi connectivity index (χ1v) is 26.3. The van der Waals surface area contributed by atoms with Gasteiger partial charge in [0.25, 0.3) is 0 Å². The molecule has 20 heteroatoms. The molecule has 0 unspecified atom stereocenters. The summed E-state index contributed by atoms with van der Waals surface area (Å²) in [5.74, 6) is 5.13. The van der Waals surface area contributed by atoms with E-state index in [1.165, 1.54) is 0 Å². The molecule has 1 aromatic rings. The van der Waals surface area contributed by atoms with Gasteiger partial charge in [-0.2, -0.15) is 23.5 Å². The Balaban J connectivity index is 0.0000154. The van der Waals surface area contributed by atoms with Crippen LogP contribution in [0.3, 0.4) is 0 Å². The fourth-order valence-corrected chi connectivity index (χ4v) is 9.85. The van der Waals surface area contributed by atoms with E-state index < -0.39 is 0 Å². The summed E-state index contributed by atoms with van der Waals surface area (Å²) in [7, 11) is 0. The predicted molar refractivity (Wildman–Crippen MR) is 260 cm³/mol. The zero-order chi connectivity index (χ0) is 47.6. The molecule has 0 saturated carbocycles. The molecule has 66 heavy (non-hydrogen) atoms. The summed E-state index contributed by atoms with van der Waals surface area (Å²) in [4.78, 5) is 77.7. The monoisotopic (exact) mass is 966 g/mol. The Labute approximate surface area is 402 Å². The van der Waals surface area contributed by atoms with Gasteiger partial charge in [-0.1, -0.05) is 31.9 Å². The van der Waals surface area contributed by atoms with Gasteiger partial charge in [0.2, 0.25) is 23.6 Å². The number of amides is 6. The second-order valence-corrected chi connectivity index (χ2v) is 18.9. The molecule has 0 aliphatic carbocycles. The normalized spacial score (nSPS) is 16.3. The number of aryl methyl sites for hydroxylation is 1. The van der Waals surface area contributed by atoms with Crippen LogP contribution in [-0.2, 0) is 51.1 Å². The van der Waals surface area contributed by atoms with Crippen LogP contribution in [0.4, 0.5) is 4.79 Å². The molecule has 2 fully saturated rings. The van der Waals surface area contributed by atoms with E-state index in [4.69, 9.17) is 20.6 Å². The lowest BCUT2D eigenvalue weighted by atomic mass is 10.0. The summed E-state index contributed by atoms with van der Waals surface area (Å²) < 4.78 is 18.5. The smallest absolute Gasteiger partial charge is 0.315 e. The van der Waals surface area contributed by atoms with Crippen molar-refractivity contribution in [1.29, 1.82) is 0 Å². The van der Waals surface area contributed by atoms with E-state index in [1.807, 2.05) is 24.9 Å². The quantitative estimate of drug-likeness (QED) is 0.0421. The third kappa shape index (κ3) is 24.7. The zero-order valence-electron chi connectivity index (χ0n) is 39.5. The zero-order valence-corrected chi connectivity index (χ0v) is 41.2. The first kappa shape index (κ1) is 56.4. The van der Waals surface area contributed by atoms with Crippen LogP contribution in [0.15, 0.2) is 6.20 Å². The Bertz CT molecular complexity index is 1640. The molecule has 0 spiro atoms. The lowest BCUT2D eigenvalue weighted by Crippen LogP contribution is -2.44. The van der Waals surface area contributed by atoms with Crippen LogP contribution in [0.25, 0.3) is 0 Å². The molecule has 2 aliphatic heterocycles. The average Bonchev–Trinajstić information content (AvgIpc) is 4.03. The highest BCUT2D eigenvalue weighted by molar-refractivity contribution is 8.00. The number of Topliss-reactive ketones (excluding diaryl/α,β-unsaturated/α-hetero) is 1. The number of aromatic nitrogens is 3. The molecule has 0 aromatic carbocycles. The number of fused-ring (bicyclic) bond motifs is 1. The highest BCUT2D eigenvalue weighted by atomic mass is 32.2. The molecule has 0 radical (unpaired) electrons. The van der Waals surface area contributed by atoms with Gasteiger partial charge >= 0.3 is 6.03 Å². The number of ether oxygens (including phenoxy) is 3. The van der Waals surface area contributed by atoms with E-state index in [0.29, 0.717) is 155 Å². The maximum atomic E-state index is 13.1. The number of rotatable bonds is 40. The van der Waals surface area contributed by atoms with Crippen molar-refractivity contribution in [2.45, 2.75) is 134 Å². The molecular formula is C46H79N9O9S2. The average molecular weight is 966 g/mol. The first-order chi connectivity index (χ1) is 32.1. The summed E-state index contributed by atoms with van der Waals surface area (Å²) in [5.41, 5.74) is 0.784. The van der Waals surface area contributed by atoms with Crippen LogP contribution < -0.4 is 21.3 Å². The molecule has 1 aromatic heterocycles. The van der Waals surface area contributed by atoms with Gasteiger partial charge in [-0.3, -0.25) is 24.0 Å². The third-order valence-electron chi connectivity index (χ3n) is 11.2. The molecule has 6 amide bonds. The highest BCUT2D eigenvalue weighted by Crippen LogP contribution is 2.33. The number of nitrogens with one attached hydrogen (secondary N) is 4. The van der Waals surface area contributed by atoms with Gasteiger partial charge in [0.05, 0.1) is 64.0 Å². The minimum absolute atomic E-state index is 0. The predicted octanol–water partition coefficient (Wildman–Crippen LogP) is 3.61. The molecule has 18 nitrogen and oxygen atoms in total. The molecule has 2 aliphatic rings. The molecular weight excluding hydrogens is 887 g/mol. The van der Waals surface area contributed by atoms with Crippen LogP contribution in [0, 0.1) is 12.3 Å². The third-order valence-corrected chi connectivity index (χ3v) is 13.7. The van der Waals surface area contributed by atoms with E-state index in [1.54, 1.807) is 26.2 Å². The van der Waals surface area contributed by atoms with Crippen molar-refractivity contribution in [1.82, 2.24) is 46.1 Å². The molecule has 3 heterocycles. The van der Waals surface area contributed by atoms with Gasteiger partial charge in [-0.25, -0.2) is 9.48 Å². The summed E-state index contributed by atoms with van der Waals surface area (Å²) >= 11 is 3.56. The van der Waals surface area contributed by atoms with Gasteiger partial charge in [-0.05, 0) is 38.5 Å². The van der Waals surface area contributed by atoms with Crippen LogP contribution in [-0.4, -0.2) is 174 Å². The van der Waals surface area contributed by atoms with Gasteiger partial charge in [-0.15, -0.1) is 17.4 Å². The van der Waals surface area contributed by atoms with Gasteiger partial charge in [0, 0.05) is 114 Å². The standard InChI is InChI=1S/C46H77N9O9S2.H2/c1-4-7-9-18-44(60)53(23-24-54(43(59)6-3)26-34-65-33-19-38(56)14-8-5-2)22-20-47-42(58)17-12-13-37-35-55(52-51-37)25-28-63-30-32-64-31-29-62-27-21-48-41(57)16-11-10-15-40-45-39(36-66-40)49-46(61)50-45;/h1,35,39-40,45H,5-34,36H2,2-3H3,(H,47,58)(H,48,57)(H2,49,50,61);1H/t39-,40-,45-;/m0./s1. The Kier molecular flexibility index (Phi) is 30.2. The number of thioether (sulfide) groups is 2. The lowest BCUT2D eigenvalue weighted by Gasteiger charge is -2.28. The van der Waals surface area contributed by atoms with Crippen LogP contribution in [0.1, 0.15) is 111 Å². The number of ketones is 1. The van der Waals surface area contributed by atoms with Gasteiger partial charge in [0.1, 0.15) is 5.78 Å². The fourth-order valence-electron chi connectivity index (χ4n) is 7.39. The number of hydrogen-bond acceptors (Lipinski definition) is 13. The van der Waals surface area contributed by atoms with Crippen molar-refractivity contribution < 1.29 is 44.4 Å². The summed E-state index contributed by atoms with van der Waals surface area (Å²) in [6.07, 6.45) is 16.8. The molecule has 0 bridgehead atoms. The Hall–Kier alpha value is -3.90. The Morgan fingerprint density at radius 3 is 2.29 bits per heavy atom. The number of unbranched alkanes of at least 4 members (excludes halogenated alkanes) is 3. The number of hydrogen-bond donors (Lipinski definition) is 4. The largest absolute Gasteiger partial charge is 0.377 e. The van der Waals surface area contributed by atoms with Crippen molar-refractivity contribution in [3.8, 4) is 12.3 Å². The maximum Gasteiger partial charge on any atom is 0.315 e. The SMILES string of the molecule is C#CCCCC(=O)N(CCNC(=O)CCCc1cn(CCOCCOCCOCCNC(=O)CCCC[C@@H]2SC[C@@H]3NC(=O)N[C@@H]32)nn1)CCN(CCSCCC(=O)CCCC)C(=O)CC.[HH]. The minimum atomic E-state index is -0.114. The number of urea groups is 1. The topological polar surface area (TPSA) is 215 Å². The number of nitrogens with zero attached hydrogens (tertiary/aromatic N) is 5. The molecule has 2 saturated heterocycles. The Morgan fingerprint density at radius 2 is 1.55 bits per heavy atom. The van der Waals surface area contributed by atoms with E-state index in [0.717, 1.165) is 55.1 Å². The lowest BCUT2D eigenvalue weighted by molar-refractivity contribution is -0.135. The van der Waals surface area contributed by atoms with Crippen molar-refractivity contribution in [2.24, 2.45) is 0 Å². The van der Waals surface area contributed by atoms with Gasteiger partial charge in [0.15, 0.2) is 0 Å². The van der Waals surface area contributed by atoms with Crippen molar-refractivity contribution in [3.05, 3.63) is 11.9 Å². The molecule has 3 rings (SSSR count). The first-order valence-electron chi connectivity index (χ1n) is 24.1. The van der Waals surface area contributed by atoms with Gasteiger partial charge < -0.3 is 45.3 Å². The number of terminal acetylenes is 1. The van der Waals surface area contributed by atoms with Crippen LogP contribution in [0.2, 0.25) is 0 Å². The van der Waals surface area contributed by atoms with Crippen LogP contribution >= 0.6 is 23.5 Å². The molecule has 374 valence electrons. The molecule has 3 atom stereocenters. The summed E-state index contributed by atoms with van der Waals surface area (Å²) in [5, 5.41) is 20.6. The van der Waals surface area contributed by atoms with E-state index in [9.17, 15) is 28.8 Å². The maximum absolute atomic E-state index is 13.1. The second kappa shape index (κ2) is 35.3. The van der Waals surface area contributed by atoms with Crippen molar-refractivity contribution in [3.63, 3.8) is 0 Å². The summed E-state index contributed by atoms with van der Waals surface area (Å²) in [6.45, 7) is 9.38. The number of carbonyl (C=O) groups is 6. The van der Waals surface area contributed by atoms with E-state index in [-0.39, 0.29) is 49.0 Å². The van der Waals surface area contributed by atoms with E-state index in [2.05, 4.69) is 44.4 Å². The minimum Gasteiger partial charge on any atom is -0.377 e. The number of carbonyl (C=O) groups excluding carboxylic acids is 6. The molecule has 4 N–H and O–H groups in total. The Morgan fingerprint density at radius 1 is 0.833 bits per heavy atom.